The Kier molecular flexibility index (Phi) is 3.15. The zero-order valence-electron chi connectivity index (χ0n) is 9.48. The van der Waals surface area contributed by atoms with Gasteiger partial charge in [-0.3, -0.25) is 4.79 Å². The first-order chi connectivity index (χ1) is 8.13. The summed E-state index contributed by atoms with van der Waals surface area (Å²) >= 11 is 6.03. The molecule has 0 N–H and O–H groups in total. The molecule has 0 aliphatic rings. The molecule has 2 aromatic rings. The minimum Gasteiger partial charge on any atom is -0.497 e. The van der Waals surface area contributed by atoms with Crippen molar-refractivity contribution in [2.24, 2.45) is 7.05 Å². The largest absolute Gasteiger partial charge is 0.497 e. The highest BCUT2D eigenvalue weighted by molar-refractivity contribution is 6.34. The molecule has 0 amide bonds. The third-order valence-corrected chi connectivity index (χ3v) is 2.76. The van der Waals surface area contributed by atoms with Crippen LogP contribution < -0.4 is 4.74 Å². The van der Waals surface area contributed by atoms with Crippen molar-refractivity contribution in [1.29, 1.82) is 0 Å². The molecular weight excluding hydrogens is 240 g/mol. The highest BCUT2D eigenvalue weighted by Crippen LogP contribution is 2.24. The summed E-state index contributed by atoms with van der Waals surface area (Å²) in [4.78, 5) is 16.1. The fraction of sp³-hybridized carbons (Fsp3) is 0.167. The van der Waals surface area contributed by atoms with E-state index in [1.165, 1.54) is 0 Å². The van der Waals surface area contributed by atoms with Crippen LogP contribution in [0, 0.1) is 0 Å². The van der Waals surface area contributed by atoms with E-state index in [-0.39, 0.29) is 5.78 Å². The van der Waals surface area contributed by atoms with Gasteiger partial charge in [-0.25, -0.2) is 4.98 Å². The highest BCUT2D eigenvalue weighted by atomic mass is 35.5. The number of ether oxygens (including phenoxy) is 1. The van der Waals surface area contributed by atoms with Gasteiger partial charge in [0.2, 0.25) is 5.78 Å². The quantitative estimate of drug-likeness (QED) is 0.786. The van der Waals surface area contributed by atoms with Crippen molar-refractivity contribution in [1.82, 2.24) is 9.55 Å². The second kappa shape index (κ2) is 4.59. The van der Waals surface area contributed by atoms with E-state index in [0.717, 1.165) is 0 Å². The summed E-state index contributed by atoms with van der Waals surface area (Å²) in [6.07, 6.45) is 3.29. The average Bonchev–Trinajstić information content (AvgIpc) is 2.74. The number of halogens is 1. The normalized spacial score (nSPS) is 10.3. The first kappa shape index (κ1) is 11.7. The monoisotopic (exact) mass is 250 g/mol. The van der Waals surface area contributed by atoms with Gasteiger partial charge in [0.05, 0.1) is 12.1 Å². The molecule has 0 bridgehead atoms. The van der Waals surface area contributed by atoms with Crippen molar-refractivity contribution in [3.8, 4) is 5.75 Å². The van der Waals surface area contributed by atoms with Crippen LogP contribution in [0.4, 0.5) is 0 Å². The van der Waals surface area contributed by atoms with Crippen molar-refractivity contribution < 1.29 is 9.53 Å². The molecule has 1 aromatic heterocycles. The lowest BCUT2D eigenvalue weighted by Gasteiger charge is -2.05. The van der Waals surface area contributed by atoms with Gasteiger partial charge in [-0.1, -0.05) is 11.6 Å². The fourth-order valence-corrected chi connectivity index (χ4v) is 1.77. The number of methoxy groups -OCH3 is 1. The van der Waals surface area contributed by atoms with Crippen molar-refractivity contribution in [2.75, 3.05) is 7.11 Å². The maximum atomic E-state index is 12.1. The molecule has 5 heteroatoms. The zero-order chi connectivity index (χ0) is 12.4. The van der Waals surface area contributed by atoms with E-state index in [9.17, 15) is 4.79 Å². The van der Waals surface area contributed by atoms with E-state index >= 15 is 0 Å². The van der Waals surface area contributed by atoms with Crippen LogP contribution in [0.3, 0.4) is 0 Å². The summed E-state index contributed by atoms with van der Waals surface area (Å²) in [6.45, 7) is 0. The van der Waals surface area contributed by atoms with Crippen molar-refractivity contribution in [3.05, 3.63) is 47.0 Å². The molecule has 2 rings (SSSR count). The van der Waals surface area contributed by atoms with Crippen molar-refractivity contribution >= 4 is 17.4 Å². The summed E-state index contributed by atoms with van der Waals surface area (Å²) in [7, 11) is 3.31. The smallest absolute Gasteiger partial charge is 0.229 e. The molecule has 17 heavy (non-hydrogen) atoms. The van der Waals surface area contributed by atoms with Gasteiger partial charge in [0.1, 0.15) is 5.75 Å². The van der Waals surface area contributed by atoms with Crippen LogP contribution in [0.25, 0.3) is 0 Å². The maximum absolute atomic E-state index is 12.1. The molecule has 0 spiro atoms. The number of hydrogen-bond acceptors (Lipinski definition) is 3. The Morgan fingerprint density at radius 3 is 2.76 bits per heavy atom. The molecule has 0 saturated heterocycles. The molecule has 0 aliphatic carbocycles. The molecule has 0 saturated carbocycles. The summed E-state index contributed by atoms with van der Waals surface area (Å²) in [5.74, 6) is 0.772. The van der Waals surface area contributed by atoms with E-state index in [0.29, 0.717) is 22.2 Å². The number of imidazole rings is 1. The van der Waals surface area contributed by atoms with Crippen LogP contribution in [-0.4, -0.2) is 22.4 Å². The lowest BCUT2D eigenvalue weighted by atomic mass is 10.1. The van der Waals surface area contributed by atoms with Crippen LogP contribution >= 0.6 is 11.6 Å². The third-order valence-electron chi connectivity index (χ3n) is 2.45. The predicted octanol–water partition coefficient (Wildman–Crippen LogP) is 2.31. The fourth-order valence-electron chi connectivity index (χ4n) is 1.51. The number of carbonyl (C=O) groups excluding carboxylic acids is 1. The summed E-state index contributed by atoms with van der Waals surface area (Å²) in [5, 5.41) is 0.359. The predicted molar refractivity (Wildman–Crippen MR) is 64.6 cm³/mol. The zero-order valence-corrected chi connectivity index (χ0v) is 10.2. The van der Waals surface area contributed by atoms with Gasteiger partial charge in [0, 0.05) is 25.0 Å². The molecule has 0 aliphatic heterocycles. The second-order valence-corrected chi connectivity index (χ2v) is 3.94. The maximum Gasteiger partial charge on any atom is 0.229 e. The number of ketones is 1. The minimum absolute atomic E-state index is 0.204. The SMILES string of the molecule is COc1ccc(C(=O)c2nccn2C)c(Cl)c1. The topological polar surface area (TPSA) is 44.1 Å². The molecule has 88 valence electrons. The van der Waals surface area contributed by atoms with Gasteiger partial charge >= 0.3 is 0 Å². The van der Waals surface area contributed by atoms with E-state index in [4.69, 9.17) is 16.3 Å². The number of benzene rings is 1. The Morgan fingerprint density at radius 2 is 2.24 bits per heavy atom. The Bertz CT molecular complexity index is 563. The Hall–Kier alpha value is -1.81. The molecule has 0 radical (unpaired) electrons. The van der Waals surface area contributed by atoms with Crippen LogP contribution in [0.5, 0.6) is 5.75 Å². The first-order valence-corrected chi connectivity index (χ1v) is 5.37. The van der Waals surface area contributed by atoms with Crippen LogP contribution in [0.2, 0.25) is 5.02 Å². The number of aryl methyl sites for hydroxylation is 1. The van der Waals surface area contributed by atoms with Gasteiger partial charge in [-0.05, 0) is 18.2 Å². The number of hydrogen-bond donors (Lipinski definition) is 0. The summed E-state index contributed by atoms with van der Waals surface area (Å²) in [6, 6.07) is 4.94. The van der Waals surface area contributed by atoms with E-state index in [2.05, 4.69) is 4.98 Å². The first-order valence-electron chi connectivity index (χ1n) is 4.99. The lowest BCUT2D eigenvalue weighted by molar-refractivity contribution is 0.102. The molecule has 0 fully saturated rings. The third kappa shape index (κ3) is 2.17. The van der Waals surface area contributed by atoms with Gasteiger partial charge in [-0.2, -0.15) is 0 Å². The van der Waals surface area contributed by atoms with Crippen molar-refractivity contribution in [3.63, 3.8) is 0 Å². The average molecular weight is 251 g/mol. The van der Waals surface area contributed by atoms with Crippen LogP contribution in [0.15, 0.2) is 30.6 Å². The Labute approximate surface area is 104 Å². The van der Waals surface area contributed by atoms with E-state index in [1.54, 1.807) is 49.3 Å². The Morgan fingerprint density at radius 1 is 1.47 bits per heavy atom. The lowest BCUT2D eigenvalue weighted by Crippen LogP contribution is -2.09. The minimum atomic E-state index is -0.204. The number of aromatic nitrogens is 2. The van der Waals surface area contributed by atoms with Gasteiger partial charge in [0.25, 0.3) is 0 Å². The molecule has 1 aromatic carbocycles. The summed E-state index contributed by atoms with van der Waals surface area (Å²) in [5.41, 5.74) is 0.418. The van der Waals surface area contributed by atoms with E-state index in [1.807, 2.05) is 0 Å². The molecule has 0 unspecified atom stereocenters. The highest BCUT2D eigenvalue weighted by Gasteiger charge is 2.17. The Balaban J connectivity index is 2.41. The number of carbonyl (C=O) groups is 1. The van der Waals surface area contributed by atoms with Gasteiger partial charge in [-0.15, -0.1) is 0 Å². The number of nitrogens with zero attached hydrogens (tertiary/aromatic N) is 2. The molecular formula is C12H11ClN2O2. The van der Waals surface area contributed by atoms with E-state index < -0.39 is 0 Å². The van der Waals surface area contributed by atoms with Crippen LogP contribution in [-0.2, 0) is 7.05 Å². The number of rotatable bonds is 3. The molecule has 1 heterocycles. The molecule has 4 nitrogen and oxygen atoms in total. The van der Waals surface area contributed by atoms with Crippen LogP contribution in [0.1, 0.15) is 16.2 Å². The van der Waals surface area contributed by atoms with Gasteiger partial charge < -0.3 is 9.30 Å². The standard InChI is InChI=1S/C12H11ClN2O2/c1-15-6-5-14-12(15)11(16)9-4-3-8(17-2)7-10(9)13/h3-7H,1-2H3. The van der Waals surface area contributed by atoms with Gasteiger partial charge in [0.15, 0.2) is 5.82 Å². The van der Waals surface area contributed by atoms with Crippen molar-refractivity contribution in [2.45, 2.75) is 0 Å². The summed E-state index contributed by atoms with van der Waals surface area (Å²) < 4.78 is 6.68. The molecule has 0 atom stereocenters. The second-order valence-electron chi connectivity index (χ2n) is 3.54.